The van der Waals surface area contributed by atoms with Gasteiger partial charge < -0.3 is 5.32 Å². The Morgan fingerprint density at radius 2 is 1.75 bits per heavy atom. The zero-order valence-corrected chi connectivity index (χ0v) is 13.7. The molecular weight excluding hydrogens is 242 g/mol. The van der Waals surface area contributed by atoms with Crippen LogP contribution in [-0.2, 0) is 6.42 Å². The van der Waals surface area contributed by atoms with E-state index in [0.29, 0.717) is 6.04 Å². The van der Waals surface area contributed by atoms with Gasteiger partial charge in [0.05, 0.1) is 0 Å². The van der Waals surface area contributed by atoms with Crippen LogP contribution in [0.15, 0.2) is 24.3 Å². The second-order valence-corrected chi connectivity index (χ2v) is 7.01. The Hall–Kier alpha value is -0.820. The molecule has 1 aromatic carbocycles. The summed E-state index contributed by atoms with van der Waals surface area (Å²) in [5, 5.41) is 3.58. The summed E-state index contributed by atoms with van der Waals surface area (Å²) in [6.07, 6.45) is 6.83. The standard InChI is InChI=1S/C19H31N/c1-14(2)17-8-10-18(11-9-17)19(20-4)13-16-7-5-6-15(3)12-16/h5-7,12,14,17-20H,8-11,13H2,1-4H3. The van der Waals surface area contributed by atoms with E-state index in [2.05, 4.69) is 57.4 Å². The summed E-state index contributed by atoms with van der Waals surface area (Å²) in [6, 6.07) is 9.63. The van der Waals surface area contributed by atoms with E-state index < -0.39 is 0 Å². The van der Waals surface area contributed by atoms with Crippen LogP contribution < -0.4 is 5.32 Å². The van der Waals surface area contributed by atoms with Crippen LogP contribution in [0.4, 0.5) is 0 Å². The van der Waals surface area contributed by atoms with Crippen molar-refractivity contribution >= 4 is 0 Å². The third-order valence-electron chi connectivity index (χ3n) is 5.24. The Labute approximate surface area is 125 Å². The summed E-state index contributed by atoms with van der Waals surface area (Å²) >= 11 is 0. The highest BCUT2D eigenvalue weighted by Gasteiger charge is 2.28. The Balaban J connectivity index is 1.92. The highest BCUT2D eigenvalue weighted by Crippen LogP contribution is 2.35. The molecule has 0 spiro atoms. The van der Waals surface area contributed by atoms with E-state index in [1.807, 2.05) is 0 Å². The Kier molecular flexibility index (Phi) is 5.65. The van der Waals surface area contributed by atoms with Gasteiger partial charge in [0, 0.05) is 6.04 Å². The van der Waals surface area contributed by atoms with Gasteiger partial charge >= 0.3 is 0 Å². The van der Waals surface area contributed by atoms with Crippen molar-refractivity contribution in [2.75, 3.05) is 7.05 Å². The molecule has 20 heavy (non-hydrogen) atoms. The van der Waals surface area contributed by atoms with Gasteiger partial charge in [-0.1, -0.05) is 43.7 Å². The molecule has 112 valence electrons. The van der Waals surface area contributed by atoms with Gasteiger partial charge in [-0.2, -0.15) is 0 Å². The van der Waals surface area contributed by atoms with Crippen molar-refractivity contribution in [2.45, 2.75) is 58.9 Å². The van der Waals surface area contributed by atoms with Crippen molar-refractivity contribution in [2.24, 2.45) is 17.8 Å². The SMILES string of the molecule is CNC(Cc1cccc(C)c1)C1CCC(C(C)C)CC1. The van der Waals surface area contributed by atoms with Crippen molar-refractivity contribution in [3.05, 3.63) is 35.4 Å². The van der Waals surface area contributed by atoms with Crippen LogP contribution in [0, 0.1) is 24.7 Å². The fourth-order valence-electron chi connectivity index (χ4n) is 3.81. The van der Waals surface area contributed by atoms with Crippen LogP contribution in [-0.4, -0.2) is 13.1 Å². The molecule has 0 heterocycles. The van der Waals surface area contributed by atoms with E-state index in [1.165, 1.54) is 43.2 Å². The van der Waals surface area contributed by atoms with Gasteiger partial charge in [-0.3, -0.25) is 0 Å². The summed E-state index contributed by atoms with van der Waals surface area (Å²) < 4.78 is 0. The van der Waals surface area contributed by atoms with Crippen LogP contribution >= 0.6 is 0 Å². The van der Waals surface area contributed by atoms with Crippen LogP contribution in [0.25, 0.3) is 0 Å². The van der Waals surface area contributed by atoms with E-state index >= 15 is 0 Å². The maximum atomic E-state index is 3.58. The maximum Gasteiger partial charge on any atom is 0.0133 e. The lowest BCUT2D eigenvalue weighted by Gasteiger charge is -2.35. The molecule has 1 atom stereocenters. The van der Waals surface area contributed by atoms with Crippen LogP contribution in [0.2, 0.25) is 0 Å². The Morgan fingerprint density at radius 1 is 1.10 bits per heavy atom. The molecule has 0 aliphatic heterocycles. The first-order chi connectivity index (χ1) is 9.60. The monoisotopic (exact) mass is 273 g/mol. The molecule has 0 aromatic heterocycles. The molecule has 1 fully saturated rings. The number of rotatable bonds is 5. The van der Waals surface area contributed by atoms with E-state index in [-0.39, 0.29) is 0 Å². The van der Waals surface area contributed by atoms with Crippen molar-refractivity contribution in [1.82, 2.24) is 5.32 Å². The minimum absolute atomic E-state index is 0.643. The Bertz CT molecular complexity index is 402. The van der Waals surface area contributed by atoms with Gasteiger partial charge in [-0.15, -0.1) is 0 Å². The van der Waals surface area contributed by atoms with Gasteiger partial charge in [0.25, 0.3) is 0 Å². The lowest BCUT2D eigenvalue weighted by atomic mass is 9.73. The highest BCUT2D eigenvalue weighted by molar-refractivity contribution is 5.23. The van der Waals surface area contributed by atoms with Gasteiger partial charge in [-0.05, 0) is 69.4 Å². The minimum Gasteiger partial charge on any atom is -0.316 e. The second kappa shape index (κ2) is 7.26. The first kappa shape index (κ1) is 15.6. The summed E-state index contributed by atoms with van der Waals surface area (Å²) in [7, 11) is 2.13. The third kappa shape index (κ3) is 4.09. The first-order valence-electron chi connectivity index (χ1n) is 8.33. The normalized spacial score (nSPS) is 24.9. The van der Waals surface area contributed by atoms with E-state index in [1.54, 1.807) is 0 Å². The van der Waals surface area contributed by atoms with Crippen LogP contribution in [0.5, 0.6) is 0 Å². The number of hydrogen-bond donors (Lipinski definition) is 1. The molecule has 0 radical (unpaired) electrons. The summed E-state index contributed by atoms with van der Waals surface area (Å²) in [5.74, 6) is 2.68. The fraction of sp³-hybridized carbons (Fsp3) is 0.684. The molecule has 2 rings (SSSR count). The van der Waals surface area contributed by atoms with Crippen LogP contribution in [0.3, 0.4) is 0 Å². The van der Waals surface area contributed by atoms with Crippen LogP contribution in [0.1, 0.15) is 50.7 Å². The van der Waals surface area contributed by atoms with Gasteiger partial charge in [-0.25, -0.2) is 0 Å². The fourth-order valence-corrected chi connectivity index (χ4v) is 3.81. The minimum atomic E-state index is 0.643. The molecule has 0 bridgehead atoms. The lowest BCUT2D eigenvalue weighted by Crippen LogP contribution is -2.38. The number of benzene rings is 1. The summed E-state index contributed by atoms with van der Waals surface area (Å²) in [6.45, 7) is 6.95. The molecule has 1 unspecified atom stereocenters. The van der Waals surface area contributed by atoms with E-state index in [4.69, 9.17) is 0 Å². The van der Waals surface area contributed by atoms with Crippen molar-refractivity contribution in [3.63, 3.8) is 0 Å². The van der Waals surface area contributed by atoms with Gasteiger partial charge in [0.1, 0.15) is 0 Å². The zero-order valence-electron chi connectivity index (χ0n) is 13.7. The molecule has 1 nitrogen and oxygen atoms in total. The molecule has 1 aromatic rings. The first-order valence-corrected chi connectivity index (χ1v) is 8.33. The predicted molar refractivity (Wildman–Crippen MR) is 88.0 cm³/mol. The summed E-state index contributed by atoms with van der Waals surface area (Å²) in [5.41, 5.74) is 2.86. The number of likely N-dealkylation sites (N-methyl/N-ethyl adjacent to an activating group) is 1. The topological polar surface area (TPSA) is 12.0 Å². The smallest absolute Gasteiger partial charge is 0.0133 e. The Morgan fingerprint density at radius 3 is 2.30 bits per heavy atom. The summed E-state index contributed by atoms with van der Waals surface area (Å²) in [4.78, 5) is 0. The molecule has 1 aliphatic carbocycles. The molecular formula is C19H31N. The third-order valence-corrected chi connectivity index (χ3v) is 5.24. The maximum absolute atomic E-state index is 3.58. The number of nitrogens with one attached hydrogen (secondary N) is 1. The highest BCUT2D eigenvalue weighted by atomic mass is 14.9. The van der Waals surface area contributed by atoms with E-state index in [9.17, 15) is 0 Å². The zero-order chi connectivity index (χ0) is 14.5. The van der Waals surface area contributed by atoms with Gasteiger partial charge in [0.2, 0.25) is 0 Å². The molecule has 0 amide bonds. The average Bonchev–Trinajstić information content (AvgIpc) is 2.45. The average molecular weight is 273 g/mol. The predicted octanol–water partition coefficient (Wildman–Crippen LogP) is 4.59. The van der Waals surface area contributed by atoms with E-state index in [0.717, 1.165) is 17.8 Å². The molecule has 0 saturated heterocycles. The molecule has 1 aliphatic rings. The second-order valence-electron chi connectivity index (χ2n) is 7.01. The van der Waals surface area contributed by atoms with Crippen molar-refractivity contribution in [3.8, 4) is 0 Å². The van der Waals surface area contributed by atoms with Crippen molar-refractivity contribution in [1.29, 1.82) is 0 Å². The lowest BCUT2D eigenvalue weighted by molar-refractivity contribution is 0.191. The number of hydrogen-bond acceptors (Lipinski definition) is 1. The van der Waals surface area contributed by atoms with Crippen molar-refractivity contribution < 1.29 is 0 Å². The molecule has 1 N–H and O–H groups in total. The largest absolute Gasteiger partial charge is 0.316 e. The number of aryl methyl sites for hydroxylation is 1. The molecule has 1 saturated carbocycles. The molecule has 1 heteroatoms. The van der Waals surface area contributed by atoms with Gasteiger partial charge in [0.15, 0.2) is 0 Å². The quantitative estimate of drug-likeness (QED) is 0.827.